The molecule has 2 aromatic heterocycles. The van der Waals surface area contributed by atoms with Gasteiger partial charge in [0.2, 0.25) is 5.88 Å². The zero-order valence-electron chi connectivity index (χ0n) is 9.10. The van der Waals surface area contributed by atoms with Gasteiger partial charge in [-0.1, -0.05) is 5.16 Å². The molecule has 0 unspecified atom stereocenters. The average molecular weight is 220 g/mol. The first kappa shape index (κ1) is 10.4. The maximum absolute atomic E-state index is 5.10. The number of aromatic nitrogens is 3. The van der Waals surface area contributed by atoms with E-state index in [0.717, 1.165) is 17.1 Å². The van der Waals surface area contributed by atoms with Gasteiger partial charge < -0.3 is 14.6 Å². The third-order valence-electron chi connectivity index (χ3n) is 2.16. The largest absolute Gasteiger partial charge is 0.481 e. The summed E-state index contributed by atoms with van der Waals surface area (Å²) in [6.45, 7) is 2.45. The quantitative estimate of drug-likeness (QED) is 0.839. The van der Waals surface area contributed by atoms with Crippen molar-refractivity contribution in [2.24, 2.45) is 0 Å². The Balaban J connectivity index is 2.09. The molecule has 0 aliphatic heterocycles. The van der Waals surface area contributed by atoms with Crippen LogP contribution in [0, 0.1) is 6.92 Å². The highest BCUT2D eigenvalue weighted by molar-refractivity contribution is 5.47. The van der Waals surface area contributed by atoms with Gasteiger partial charge >= 0.3 is 0 Å². The minimum absolute atomic E-state index is 0.553. The van der Waals surface area contributed by atoms with E-state index in [1.54, 1.807) is 13.2 Å². The second kappa shape index (κ2) is 4.61. The van der Waals surface area contributed by atoms with Crippen LogP contribution < -0.4 is 10.1 Å². The minimum atomic E-state index is 0.553. The third-order valence-corrected chi connectivity index (χ3v) is 2.16. The first-order valence-electron chi connectivity index (χ1n) is 4.80. The summed E-state index contributed by atoms with van der Waals surface area (Å²) in [5, 5.41) is 6.93. The lowest BCUT2D eigenvalue weighted by Crippen LogP contribution is -2.05. The van der Waals surface area contributed by atoms with Crippen LogP contribution in [0.25, 0.3) is 0 Å². The number of nitrogens with one attached hydrogen (secondary N) is 1. The number of ether oxygens (including phenoxy) is 1. The van der Waals surface area contributed by atoms with E-state index in [2.05, 4.69) is 20.4 Å². The normalized spacial score (nSPS) is 10.1. The first-order chi connectivity index (χ1) is 7.81. The zero-order chi connectivity index (χ0) is 11.4. The van der Waals surface area contributed by atoms with Crippen molar-refractivity contribution in [2.75, 3.05) is 12.4 Å². The molecule has 0 radical (unpaired) electrons. The lowest BCUT2D eigenvalue weighted by atomic mass is 10.3. The molecule has 0 bridgehead atoms. The molecule has 1 N–H and O–H groups in total. The molecule has 0 amide bonds. The Labute approximate surface area is 92.7 Å². The maximum Gasteiger partial charge on any atom is 0.221 e. The molecule has 2 heterocycles. The van der Waals surface area contributed by atoms with E-state index in [0.29, 0.717) is 12.4 Å². The van der Waals surface area contributed by atoms with Crippen LogP contribution in [-0.2, 0) is 6.54 Å². The predicted octanol–water partition coefficient (Wildman–Crippen LogP) is 1.39. The van der Waals surface area contributed by atoms with Gasteiger partial charge in [-0.3, -0.25) is 0 Å². The lowest BCUT2D eigenvalue weighted by molar-refractivity contribution is 0.393. The molecule has 0 aliphatic carbocycles. The number of anilines is 1. The maximum atomic E-state index is 5.10. The Morgan fingerprint density at radius 3 is 3.00 bits per heavy atom. The molecule has 2 rings (SSSR count). The molecule has 6 heteroatoms. The molecule has 2 aromatic rings. The van der Waals surface area contributed by atoms with E-state index in [1.165, 1.54) is 12.6 Å². The summed E-state index contributed by atoms with van der Waals surface area (Å²) in [6.07, 6.45) is 2.99. The van der Waals surface area contributed by atoms with Gasteiger partial charge in [0.1, 0.15) is 24.1 Å². The minimum Gasteiger partial charge on any atom is -0.481 e. The molecule has 16 heavy (non-hydrogen) atoms. The average Bonchev–Trinajstić information content (AvgIpc) is 2.81. The fourth-order valence-electron chi connectivity index (χ4n) is 1.32. The van der Waals surface area contributed by atoms with Gasteiger partial charge in [0, 0.05) is 6.07 Å². The molecule has 6 nitrogen and oxygen atoms in total. The summed E-state index contributed by atoms with van der Waals surface area (Å²) >= 11 is 0. The van der Waals surface area contributed by atoms with Crippen molar-refractivity contribution in [3.8, 4) is 5.88 Å². The Kier molecular flexibility index (Phi) is 3.00. The molecule has 0 atom stereocenters. The van der Waals surface area contributed by atoms with Crippen LogP contribution in [0.15, 0.2) is 23.2 Å². The topological polar surface area (TPSA) is 73.1 Å². The second-order valence-corrected chi connectivity index (χ2v) is 3.20. The molecule has 0 saturated carbocycles. The highest BCUT2D eigenvalue weighted by atomic mass is 16.5. The van der Waals surface area contributed by atoms with Crippen molar-refractivity contribution in [2.45, 2.75) is 13.5 Å². The SMILES string of the molecule is COc1ncnc(NCc2ccon2)c1C. The molecular formula is C10H12N4O2. The van der Waals surface area contributed by atoms with Crippen LogP contribution >= 0.6 is 0 Å². The number of methoxy groups -OCH3 is 1. The van der Waals surface area contributed by atoms with Gasteiger partial charge in [-0.05, 0) is 6.92 Å². The van der Waals surface area contributed by atoms with Crippen molar-refractivity contribution in [1.29, 1.82) is 0 Å². The van der Waals surface area contributed by atoms with Crippen molar-refractivity contribution in [3.63, 3.8) is 0 Å². The van der Waals surface area contributed by atoms with Gasteiger partial charge in [0.05, 0.1) is 19.2 Å². The van der Waals surface area contributed by atoms with Crippen molar-refractivity contribution in [3.05, 3.63) is 29.9 Å². The molecule has 0 fully saturated rings. The van der Waals surface area contributed by atoms with Crippen LogP contribution in [0.2, 0.25) is 0 Å². The second-order valence-electron chi connectivity index (χ2n) is 3.20. The van der Waals surface area contributed by atoms with E-state index in [4.69, 9.17) is 9.26 Å². The van der Waals surface area contributed by atoms with Gasteiger partial charge in [-0.2, -0.15) is 0 Å². The summed E-state index contributed by atoms with van der Waals surface area (Å²) in [5.41, 5.74) is 1.69. The van der Waals surface area contributed by atoms with E-state index in [1.807, 2.05) is 6.92 Å². The van der Waals surface area contributed by atoms with Gasteiger partial charge in [-0.15, -0.1) is 0 Å². The lowest BCUT2D eigenvalue weighted by Gasteiger charge is -2.08. The Hall–Kier alpha value is -2.11. The number of rotatable bonds is 4. The summed E-state index contributed by atoms with van der Waals surface area (Å²) in [4.78, 5) is 8.12. The molecule has 84 valence electrons. The van der Waals surface area contributed by atoms with E-state index >= 15 is 0 Å². The van der Waals surface area contributed by atoms with Gasteiger partial charge in [0.25, 0.3) is 0 Å². The van der Waals surface area contributed by atoms with E-state index < -0.39 is 0 Å². The van der Waals surface area contributed by atoms with Crippen LogP contribution in [0.1, 0.15) is 11.3 Å². The van der Waals surface area contributed by atoms with Gasteiger partial charge in [-0.25, -0.2) is 9.97 Å². The zero-order valence-corrected chi connectivity index (χ0v) is 9.10. The highest BCUT2D eigenvalue weighted by Crippen LogP contribution is 2.19. The third kappa shape index (κ3) is 2.10. The highest BCUT2D eigenvalue weighted by Gasteiger charge is 2.07. The Morgan fingerprint density at radius 2 is 2.31 bits per heavy atom. The van der Waals surface area contributed by atoms with Crippen molar-refractivity contribution in [1.82, 2.24) is 15.1 Å². The fraction of sp³-hybridized carbons (Fsp3) is 0.300. The summed E-state index contributed by atoms with van der Waals surface area (Å²) in [7, 11) is 1.58. The van der Waals surface area contributed by atoms with Crippen molar-refractivity contribution < 1.29 is 9.26 Å². The summed E-state index contributed by atoms with van der Waals surface area (Å²) in [6, 6.07) is 1.79. The van der Waals surface area contributed by atoms with Crippen molar-refractivity contribution >= 4 is 5.82 Å². The standard InChI is InChI=1S/C10H12N4O2/c1-7-9(12-6-13-10(7)15-2)11-5-8-3-4-16-14-8/h3-4,6H,5H2,1-2H3,(H,11,12,13). The number of hydrogen-bond donors (Lipinski definition) is 1. The fourth-order valence-corrected chi connectivity index (χ4v) is 1.32. The smallest absolute Gasteiger partial charge is 0.221 e. The van der Waals surface area contributed by atoms with E-state index in [9.17, 15) is 0 Å². The first-order valence-corrected chi connectivity index (χ1v) is 4.80. The molecule has 0 saturated heterocycles. The number of hydrogen-bond acceptors (Lipinski definition) is 6. The van der Waals surface area contributed by atoms with Crippen LogP contribution in [0.5, 0.6) is 5.88 Å². The molecule has 0 aromatic carbocycles. The Morgan fingerprint density at radius 1 is 1.44 bits per heavy atom. The molecule has 0 spiro atoms. The van der Waals surface area contributed by atoms with Crippen LogP contribution in [0.4, 0.5) is 5.82 Å². The monoisotopic (exact) mass is 220 g/mol. The molecular weight excluding hydrogens is 208 g/mol. The number of nitrogens with zero attached hydrogens (tertiary/aromatic N) is 3. The molecule has 0 aliphatic rings. The summed E-state index contributed by atoms with van der Waals surface area (Å²) < 4.78 is 9.83. The van der Waals surface area contributed by atoms with Gasteiger partial charge in [0.15, 0.2) is 0 Å². The van der Waals surface area contributed by atoms with Crippen LogP contribution in [0.3, 0.4) is 0 Å². The summed E-state index contributed by atoms with van der Waals surface area (Å²) in [5.74, 6) is 1.30. The van der Waals surface area contributed by atoms with E-state index in [-0.39, 0.29) is 0 Å². The van der Waals surface area contributed by atoms with Crippen LogP contribution in [-0.4, -0.2) is 22.2 Å². The Bertz CT molecular complexity index is 456. The predicted molar refractivity (Wildman–Crippen MR) is 57.2 cm³/mol.